The Hall–Kier alpha value is -2.12. The predicted octanol–water partition coefficient (Wildman–Crippen LogP) is 2.21. The van der Waals surface area contributed by atoms with Gasteiger partial charge in [0.15, 0.2) is 0 Å². The van der Waals surface area contributed by atoms with Crippen LogP contribution in [0.2, 0.25) is 0 Å². The number of aromatic nitrogens is 3. The van der Waals surface area contributed by atoms with E-state index in [2.05, 4.69) is 24.8 Å². The standard InChI is InChI=1S/C17H21N5OS/c1-21-6-4-18-16(21)11-22-5-2-12(10-22)9-19-17(23)14-8-15-13(20-14)3-7-24-15/h3-4,6-8,12,20H,2,5,9-11H2,1H3,(H,19,23)/t12-/m1/s1. The van der Waals surface area contributed by atoms with Crippen molar-refractivity contribution in [3.05, 3.63) is 41.4 Å². The molecule has 6 nitrogen and oxygen atoms in total. The number of carbonyl (C=O) groups is 1. The highest BCUT2D eigenvalue weighted by Gasteiger charge is 2.24. The molecule has 1 aliphatic heterocycles. The minimum absolute atomic E-state index is 0.0130. The molecule has 0 unspecified atom stereocenters. The summed E-state index contributed by atoms with van der Waals surface area (Å²) in [5.41, 5.74) is 1.69. The molecule has 0 spiro atoms. The fraction of sp³-hybridized carbons (Fsp3) is 0.412. The first-order valence-electron chi connectivity index (χ1n) is 8.22. The van der Waals surface area contributed by atoms with Gasteiger partial charge < -0.3 is 14.9 Å². The van der Waals surface area contributed by atoms with E-state index < -0.39 is 0 Å². The van der Waals surface area contributed by atoms with Crippen molar-refractivity contribution < 1.29 is 4.79 Å². The molecule has 1 saturated heterocycles. The maximum absolute atomic E-state index is 12.3. The zero-order valence-electron chi connectivity index (χ0n) is 13.7. The third-order valence-electron chi connectivity index (χ3n) is 4.69. The van der Waals surface area contributed by atoms with Crippen molar-refractivity contribution in [2.24, 2.45) is 13.0 Å². The van der Waals surface area contributed by atoms with Crippen molar-refractivity contribution in [3.63, 3.8) is 0 Å². The summed E-state index contributed by atoms with van der Waals surface area (Å²) in [7, 11) is 2.03. The Morgan fingerprint density at radius 1 is 1.54 bits per heavy atom. The lowest BCUT2D eigenvalue weighted by Crippen LogP contribution is -2.31. The molecule has 1 fully saturated rings. The molecule has 126 valence electrons. The maximum Gasteiger partial charge on any atom is 0.267 e. The summed E-state index contributed by atoms with van der Waals surface area (Å²) < 4.78 is 3.19. The van der Waals surface area contributed by atoms with Gasteiger partial charge in [0, 0.05) is 32.5 Å². The summed E-state index contributed by atoms with van der Waals surface area (Å²) in [4.78, 5) is 22.2. The maximum atomic E-state index is 12.3. The molecular weight excluding hydrogens is 322 g/mol. The number of amides is 1. The van der Waals surface area contributed by atoms with Crippen molar-refractivity contribution in [3.8, 4) is 0 Å². The second-order valence-electron chi connectivity index (χ2n) is 6.44. The van der Waals surface area contributed by atoms with E-state index >= 15 is 0 Å². The Labute approximate surface area is 144 Å². The lowest BCUT2D eigenvalue weighted by Gasteiger charge is -2.16. The van der Waals surface area contributed by atoms with Gasteiger partial charge in [-0.15, -0.1) is 11.3 Å². The molecule has 24 heavy (non-hydrogen) atoms. The highest BCUT2D eigenvalue weighted by molar-refractivity contribution is 7.17. The van der Waals surface area contributed by atoms with Crippen molar-refractivity contribution in [1.82, 2.24) is 24.8 Å². The third-order valence-corrected chi connectivity index (χ3v) is 5.56. The second kappa shape index (κ2) is 6.41. The van der Waals surface area contributed by atoms with E-state index in [9.17, 15) is 4.79 Å². The summed E-state index contributed by atoms with van der Waals surface area (Å²) in [6.07, 6.45) is 4.93. The second-order valence-corrected chi connectivity index (χ2v) is 7.38. The Morgan fingerprint density at radius 3 is 3.25 bits per heavy atom. The fourth-order valence-electron chi connectivity index (χ4n) is 3.27. The molecule has 0 bridgehead atoms. The van der Waals surface area contributed by atoms with Crippen LogP contribution in [0.3, 0.4) is 0 Å². The van der Waals surface area contributed by atoms with Crippen LogP contribution in [0.15, 0.2) is 29.9 Å². The van der Waals surface area contributed by atoms with E-state index in [1.807, 2.05) is 37.0 Å². The highest BCUT2D eigenvalue weighted by Crippen LogP contribution is 2.21. The van der Waals surface area contributed by atoms with Gasteiger partial charge in [-0.1, -0.05) is 0 Å². The Morgan fingerprint density at radius 2 is 2.46 bits per heavy atom. The lowest BCUT2D eigenvalue weighted by atomic mass is 10.1. The molecule has 0 aromatic carbocycles. The summed E-state index contributed by atoms with van der Waals surface area (Å²) in [6.45, 7) is 3.67. The number of carbonyl (C=O) groups excluding carboxylic acids is 1. The van der Waals surface area contributed by atoms with Crippen LogP contribution >= 0.6 is 11.3 Å². The van der Waals surface area contributed by atoms with Crippen LogP contribution in [0.25, 0.3) is 10.2 Å². The van der Waals surface area contributed by atoms with Gasteiger partial charge in [-0.05, 0) is 36.4 Å². The lowest BCUT2D eigenvalue weighted by molar-refractivity contribution is 0.0943. The van der Waals surface area contributed by atoms with E-state index in [0.717, 1.165) is 48.6 Å². The molecule has 0 aliphatic carbocycles. The van der Waals surface area contributed by atoms with Crippen LogP contribution in [-0.2, 0) is 13.6 Å². The molecule has 1 atom stereocenters. The summed E-state index contributed by atoms with van der Waals surface area (Å²) in [5.74, 6) is 1.58. The molecule has 7 heteroatoms. The zero-order chi connectivity index (χ0) is 16.5. The van der Waals surface area contributed by atoms with Gasteiger partial charge in [-0.3, -0.25) is 9.69 Å². The van der Waals surface area contributed by atoms with Crippen LogP contribution in [0.1, 0.15) is 22.7 Å². The molecule has 0 radical (unpaired) electrons. The van der Waals surface area contributed by atoms with E-state index in [1.165, 1.54) is 0 Å². The monoisotopic (exact) mass is 343 g/mol. The van der Waals surface area contributed by atoms with Gasteiger partial charge in [-0.25, -0.2) is 4.98 Å². The number of aryl methyl sites for hydroxylation is 1. The van der Waals surface area contributed by atoms with Crippen molar-refractivity contribution in [2.45, 2.75) is 13.0 Å². The number of nitrogens with zero attached hydrogens (tertiary/aromatic N) is 3. The van der Waals surface area contributed by atoms with Crippen LogP contribution in [0.4, 0.5) is 0 Å². The number of thiophene rings is 1. The number of nitrogens with one attached hydrogen (secondary N) is 2. The van der Waals surface area contributed by atoms with Gasteiger partial charge in [0.25, 0.3) is 5.91 Å². The summed E-state index contributed by atoms with van der Waals surface area (Å²) in [6, 6.07) is 3.93. The SMILES string of the molecule is Cn1ccnc1CN1CC[C@H](CNC(=O)c2cc3sccc3[nH]2)C1. The molecule has 4 rings (SSSR count). The molecule has 1 aliphatic rings. The number of aromatic amines is 1. The van der Waals surface area contributed by atoms with Crippen molar-refractivity contribution in [1.29, 1.82) is 0 Å². The van der Waals surface area contributed by atoms with Gasteiger partial charge in [-0.2, -0.15) is 0 Å². The highest BCUT2D eigenvalue weighted by atomic mass is 32.1. The molecule has 1 amide bonds. The number of rotatable bonds is 5. The molecule has 3 aromatic rings. The zero-order valence-corrected chi connectivity index (χ0v) is 14.5. The minimum Gasteiger partial charge on any atom is -0.350 e. The van der Waals surface area contributed by atoms with E-state index in [4.69, 9.17) is 0 Å². The first kappa shape index (κ1) is 15.4. The first-order valence-corrected chi connectivity index (χ1v) is 9.10. The van der Waals surface area contributed by atoms with Gasteiger partial charge >= 0.3 is 0 Å². The smallest absolute Gasteiger partial charge is 0.267 e. The molecule has 2 N–H and O–H groups in total. The predicted molar refractivity (Wildman–Crippen MR) is 95.1 cm³/mol. The number of fused-ring (bicyclic) bond motifs is 1. The van der Waals surface area contributed by atoms with E-state index in [-0.39, 0.29) is 5.91 Å². The quantitative estimate of drug-likeness (QED) is 0.746. The molecular formula is C17H21N5OS. The average molecular weight is 343 g/mol. The topological polar surface area (TPSA) is 66.0 Å². The first-order chi connectivity index (χ1) is 11.7. The molecule has 3 aromatic heterocycles. The van der Waals surface area contributed by atoms with Crippen LogP contribution in [-0.4, -0.2) is 45.0 Å². The Bertz CT molecular complexity index is 820. The van der Waals surface area contributed by atoms with E-state index in [1.54, 1.807) is 11.3 Å². The summed E-state index contributed by atoms with van der Waals surface area (Å²) in [5, 5.41) is 5.09. The van der Waals surface area contributed by atoms with Crippen molar-refractivity contribution in [2.75, 3.05) is 19.6 Å². The van der Waals surface area contributed by atoms with Crippen LogP contribution in [0, 0.1) is 5.92 Å². The fourth-order valence-corrected chi connectivity index (χ4v) is 4.06. The van der Waals surface area contributed by atoms with Crippen LogP contribution < -0.4 is 5.32 Å². The van der Waals surface area contributed by atoms with E-state index in [0.29, 0.717) is 11.6 Å². The third kappa shape index (κ3) is 3.09. The Balaban J connectivity index is 1.28. The normalized spacial score (nSPS) is 18.5. The number of hydrogen-bond donors (Lipinski definition) is 2. The van der Waals surface area contributed by atoms with Gasteiger partial charge in [0.2, 0.25) is 0 Å². The largest absolute Gasteiger partial charge is 0.350 e. The van der Waals surface area contributed by atoms with Crippen LogP contribution in [0.5, 0.6) is 0 Å². The van der Waals surface area contributed by atoms with Gasteiger partial charge in [0.1, 0.15) is 11.5 Å². The summed E-state index contributed by atoms with van der Waals surface area (Å²) >= 11 is 1.65. The molecule has 4 heterocycles. The Kier molecular flexibility index (Phi) is 4.12. The van der Waals surface area contributed by atoms with Gasteiger partial charge in [0.05, 0.1) is 16.8 Å². The average Bonchev–Trinajstić information content (AvgIpc) is 3.30. The van der Waals surface area contributed by atoms with Crippen molar-refractivity contribution >= 4 is 27.5 Å². The number of hydrogen-bond acceptors (Lipinski definition) is 4. The number of imidazole rings is 1. The number of likely N-dealkylation sites (tertiary alicyclic amines) is 1. The minimum atomic E-state index is -0.0130. The number of H-pyrrole nitrogens is 1. The molecule has 0 saturated carbocycles.